The first-order valence-electron chi connectivity index (χ1n) is 6.81. The van der Waals surface area contributed by atoms with Crippen molar-refractivity contribution in [1.82, 2.24) is 9.62 Å². The molecule has 0 fully saturated rings. The number of carbonyl (C=O) groups excluding carboxylic acids is 1. The van der Waals surface area contributed by atoms with Crippen LogP contribution in [0.25, 0.3) is 0 Å². The Hall–Kier alpha value is -1.97. The summed E-state index contributed by atoms with van der Waals surface area (Å²) in [6, 6.07) is 5.53. The van der Waals surface area contributed by atoms with Gasteiger partial charge in [0.25, 0.3) is 5.91 Å². The lowest BCUT2D eigenvalue weighted by molar-refractivity contribution is -0.148. The Morgan fingerprint density at radius 3 is 2.30 bits per heavy atom. The Morgan fingerprint density at radius 1 is 1.26 bits per heavy atom. The summed E-state index contributed by atoms with van der Waals surface area (Å²) in [6.07, 6.45) is -0.942. The summed E-state index contributed by atoms with van der Waals surface area (Å²) in [5.41, 5.74) is 0.300. The van der Waals surface area contributed by atoms with Gasteiger partial charge in [0.2, 0.25) is 10.0 Å². The van der Waals surface area contributed by atoms with Gasteiger partial charge in [-0.2, -0.15) is 0 Å². The molecule has 2 N–H and O–H groups in total. The molecule has 0 aliphatic carbocycles. The van der Waals surface area contributed by atoms with Gasteiger partial charge in [0.1, 0.15) is 0 Å². The number of nitrogens with zero attached hydrogens (tertiary/aromatic N) is 1. The largest absolute Gasteiger partial charge is 0.479 e. The summed E-state index contributed by atoms with van der Waals surface area (Å²) < 4.78 is 29.9. The fourth-order valence-corrected chi connectivity index (χ4v) is 2.46. The number of amides is 1. The quantitative estimate of drug-likeness (QED) is 0.649. The molecule has 1 atom stereocenters. The summed E-state index contributed by atoms with van der Waals surface area (Å²) in [5.74, 6) is -1.47. The molecule has 0 aliphatic rings. The molecule has 0 saturated carbocycles. The van der Waals surface area contributed by atoms with Gasteiger partial charge < -0.3 is 15.2 Å². The number of benzene rings is 1. The molecule has 8 nitrogen and oxygen atoms in total. The number of aliphatic carboxylic acids is 1. The first-order valence-corrected chi connectivity index (χ1v) is 8.25. The van der Waals surface area contributed by atoms with E-state index >= 15 is 0 Å². The lowest BCUT2D eigenvalue weighted by atomic mass is 10.2. The van der Waals surface area contributed by atoms with Crippen molar-refractivity contribution in [2.75, 3.05) is 27.2 Å². The zero-order valence-corrected chi connectivity index (χ0v) is 14.0. The molecule has 128 valence electrons. The number of carboxylic acid groups (broad SMARTS) is 1. The number of hydrogen-bond acceptors (Lipinski definition) is 5. The van der Waals surface area contributed by atoms with Gasteiger partial charge in [0, 0.05) is 26.2 Å². The molecular formula is C14H20N2O6S. The van der Waals surface area contributed by atoms with E-state index in [1.807, 2.05) is 0 Å². The average molecular weight is 344 g/mol. The molecule has 1 amide bonds. The van der Waals surface area contributed by atoms with Gasteiger partial charge in [-0.15, -0.1) is 0 Å². The van der Waals surface area contributed by atoms with E-state index in [1.165, 1.54) is 45.3 Å². The van der Waals surface area contributed by atoms with Crippen LogP contribution >= 0.6 is 0 Å². The van der Waals surface area contributed by atoms with E-state index in [-0.39, 0.29) is 18.0 Å². The molecule has 0 radical (unpaired) electrons. The third-order valence-electron chi connectivity index (χ3n) is 3.00. The zero-order chi connectivity index (χ0) is 17.6. The third kappa shape index (κ3) is 5.31. The highest BCUT2D eigenvalue weighted by Gasteiger charge is 2.17. The topological polar surface area (TPSA) is 113 Å². The van der Waals surface area contributed by atoms with Crippen molar-refractivity contribution in [2.24, 2.45) is 0 Å². The van der Waals surface area contributed by atoms with Gasteiger partial charge in [-0.3, -0.25) is 4.79 Å². The van der Waals surface area contributed by atoms with Crippen molar-refractivity contribution in [3.63, 3.8) is 0 Å². The Labute approximate surface area is 135 Å². The maximum absolute atomic E-state index is 11.9. The highest BCUT2D eigenvalue weighted by Crippen LogP contribution is 2.13. The monoisotopic (exact) mass is 344 g/mol. The summed E-state index contributed by atoms with van der Waals surface area (Å²) >= 11 is 0. The molecule has 9 heteroatoms. The van der Waals surface area contributed by atoms with Crippen LogP contribution in [0.3, 0.4) is 0 Å². The molecule has 0 bridgehead atoms. The molecule has 0 heterocycles. The SMILES string of the molecule is CC(OCCNC(=O)c1ccc(S(=O)(=O)N(C)C)cc1)C(=O)O. The third-order valence-corrected chi connectivity index (χ3v) is 4.83. The molecule has 0 saturated heterocycles. The van der Waals surface area contributed by atoms with Gasteiger partial charge in [-0.1, -0.05) is 0 Å². The summed E-state index contributed by atoms with van der Waals surface area (Å²) in [7, 11) is -0.683. The fraction of sp³-hybridized carbons (Fsp3) is 0.429. The summed E-state index contributed by atoms with van der Waals surface area (Å²) in [6.45, 7) is 1.61. The lowest BCUT2D eigenvalue weighted by Crippen LogP contribution is -2.30. The molecule has 1 aromatic rings. The smallest absolute Gasteiger partial charge is 0.332 e. The van der Waals surface area contributed by atoms with Crippen molar-refractivity contribution in [3.8, 4) is 0 Å². The van der Waals surface area contributed by atoms with Crippen LogP contribution < -0.4 is 5.32 Å². The van der Waals surface area contributed by atoms with Crippen LogP contribution in [-0.2, 0) is 19.6 Å². The standard InChI is InChI=1S/C14H20N2O6S/c1-10(14(18)19)22-9-8-15-13(17)11-4-6-12(7-5-11)23(20,21)16(2)3/h4-7,10H,8-9H2,1-3H3,(H,15,17)(H,18,19). The van der Waals surface area contributed by atoms with Crippen LogP contribution in [0, 0.1) is 0 Å². The van der Waals surface area contributed by atoms with Crippen LogP contribution in [0.4, 0.5) is 0 Å². The number of nitrogens with one attached hydrogen (secondary N) is 1. The van der Waals surface area contributed by atoms with E-state index in [0.717, 1.165) is 4.31 Å². The van der Waals surface area contributed by atoms with Crippen molar-refractivity contribution in [3.05, 3.63) is 29.8 Å². The highest BCUT2D eigenvalue weighted by atomic mass is 32.2. The minimum atomic E-state index is -3.53. The average Bonchev–Trinajstić information content (AvgIpc) is 2.50. The number of carbonyl (C=O) groups is 2. The maximum atomic E-state index is 11.9. The van der Waals surface area contributed by atoms with E-state index in [9.17, 15) is 18.0 Å². The second-order valence-corrected chi connectivity index (χ2v) is 7.07. The molecule has 1 unspecified atom stereocenters. The minimum absolute atomic E-state index is 0.0618. The summed E-state index contributed by atoms with van der Waals surface area (Å²) in [4.78, 5) is 22.5. The van der Waals surface area contributed by atoms with Crippen LogP contribution in [0.1, 0.15) is 17.3 Å². The molecule has 0 aromatic heterocycles. The van der Waals surface area contributed by atoms with Crippen molar-refractivity contribution < 1.29 is 27.9 Å². The van der Waals surface area contributed by atoms with E-state index in [2.05, 4.69) is 5.32 Å². The van der Waals surface area contributed by atoms with Crippen molar-refractivity contribution in [2.45, 2.75) is 17.9 Å². The zero-order valence-electron chi connectivity index (χ0n) is 13.1. The van der Waals surface area contributed by atoms with Crippen LogP contribution in [0.5, 0.6) is 0 Å². The van der Waals surface area contributed by atoms with Gasteiger partial charge in [-0.25, -0.2) is 17.5 Å². The predicted octanol–water partition coefficient (Wildman–Crippen LogP) is 0.156. The van der Waals surface area contributed by atoms with Crippen molar-refractivity contribution in [1.29, 1.82) is 0 Å². The lowest BCUT2D eigenvalue weighted by Gasteiger charge is -2.12. The van der Waals surface area contributed by atoms with E-state index < -0.39 is 28.0 Å². The minimum Gasteiger partial charge on any atom is -0.479 e. The second kappa shape index (κ2) is 8.04. The molecule has 0 aliphatic heterocycles. The normalized spacial score (nSPS) is 12.9. The second-order valence-electron chi connectivity index (χ2n) is 4.92. The molecule has 1 aromatic carbocycles. The molecule has 23 heavy (non-hydrogen) atoms. The van der Waals surface area contributed by atoms with E-state index in [4.69, 9.17) is 9.84 Å². The first-order chi connectivity index (χ1) is 10.7. The predicted molar refractivity (Wildman–Crippen MR) is 82.7 cm³/mol. The summed E-state index contributed by atoms with van der Waals surface area (Å²) in [5, 5.41) is 11.2. The Balaban J connectivity index is 2.57. The molecule has 0 spiro atoms. The maximum Gasteiger partial charge on any atom is 0.332 e. The number of sulfonamides is 1. The van der Waals surface area contributed by atoms with Crippen LogP contribution in [0.2, 0.25) is 0 Å². The van der Waals surface area contributed by atoms with Crippen LogP contribution in [0.15, 0.2) is 29.2 Å². The van der Waals surface area contributed by atoms with Crippen molar-refractivity contribution >= 4 is 21.9 Å². The number of hydrogen-bond donors (Lipinski definition) is 2. The first kappa shape index (κ1) is 19.1. The van der Waals surface area contributed by atoms with Gasteiger partial charge >= 0.3 is 5.97 Å². The Bertz CT molecular complexity index is 654. The van der Waals surface area contributed by atoms with Gasteiger partial charge in [-0.05, 0) is 31.2 Å². The number of rotatable bonds is 8. The van der Waals surface area contributed by atoms with E-state index in [0.29, 0.717) is 5.56 Å². The highest BCUT2D eigenvalue weighted by molar-refractivity contribution is 7.89. The van der Waals surface area contributed by atoms with Crippen LogP contribution in [-0.4, -0.2) is 63.1 Å². The fourth-order valence-electron chi connectivity index (χ4n) is 1.56. The Morgan fingerprint density at radius 2 is 1.83 bits per heavy atom. The Kier molecular flexibility index (Phi) is 6.67. The van der Waals surface area contributed by atoms with Gasteiger partial charge in [0.15, 0.2) is 6.10 Å². The van der Waals surface area contributed by atoms with Gasteiger partial charge in [0.05, 0.1) is 11.5 Å². The molecule has 1 rings (SSSR count). The van der Waals surface area contributed by atoms with E-state index in [1.54, 1.807) is 0 Å². The molecular weight excluding hydrogens is 324 g/mol. The number of ether oxygens (including phenoxy) is 1. The number of carboxylic acids is 1.